The van der Waals surface area contributed by atoms with Crippen molar-refractivity contribution in [3.8, 4) is 0 Å². The van der Waals surface area contributed by atoms with Crippen molar-refractivity contribution in [1.82, 2.24) is 5.32 Å². The molecule has 0 heterocycles. The number of nitrogens with one attached hydrogen (secondary N) is 1. The van der Waals surface area contributed by atoms with Gasteiger partial charge in [0.2, 0.25) is 0 Å². The van der Waals surface area contributed by atoms with Crippen molar-refractivity contribution >= 4 is 10.8 Å². The van der Waals surface area contributed by atoms with Crippen LogP contribution >= 0.6 is 0 Å². The third-order valence-electron chi connectivity index (χ3n) is 2.75. The molecule has 5 heteroatoms. The lowest BCUT2D eigenvalue weighted by Crippen LogP contribution is -2.31. The van der Waals surface area contributed by atoms with Crippen LogP contribution in [-0.2, 0) is 10.8 Å². The molecule has 3 unspecified atom stereocenters. The van der Waals surface area contributed by atoms with Gasteiger partial charge in [0.25, 0.3) is 0 Å². The van der Waals surface area contributed by atoms with Crippen LogP contribution in [0, 0.1) is 5.82 Å². The smallest absolute Gasteiger partial charge is 0.123 e. The molecule has 1 rings (SSSR count). The zero-order valence-electron chi connectivity index (χ0n) is 10.7. The molecule has 0 amide bonds. The minimum absolute atomic E-state index is 0.198. The molecule has 0 radical (unpaired) electrons. The highest BCUT2D eigenvalue weighted by atomic mass is 32.2. The Morgan fingerprint density at radius 2 is 2.00 bits per heavy atom. The molecule has 0 fully saturated rings. The van der Waals surface area contributed by atoms with Crippen molar-refractivity contribution in [3.63, 3.8) is 0 Å². The van der Waals surface area contributed by atoms with Gasteiger partial charge in [-0.1, -0.05) is 12.1 Å². The van der Waals surface area contributed by atoms with E-state index in [-0.39, 0.29) is 11.9 Å². The van der Waals surface area contributed by atoms with Gasteiger partial charge >= 0.3 is 0 Å². The molecule has 0 spiro atoms. The van der Waals surface area contributed by atoms with Crippen molar-refractivity contribution < 1.29 is 13.7 Å². The Morgan fingerprint density at radius 3 is 2.56 bits per heavy atom. The molecular weight excluding hydrogens is 253 g/mol. The van der Waals surface area contributed by atoms with E-state index in [1.54, 1.807) is 18.4 Å². The van der Waals surface area contributed by atoms with E-state index in [0.29, 0.717) is 17.9 Å². The summed E-state index contributed by atoms with van der Waals surface area (Å²) in [6, 6.07) is 6.02. The largest absolute Gasteiger partial charge is 0.387 e. The Labute approximate surface area is 110 Å². The van der Waals surface area contributed by atoms with Crippen LogP contribution < -0.4 is 5.32 Å². The summed E-state index contributed by atoms with van der Waals surface area (Å²) in [5, 5.41) is 13.1. The quantitative estimate of drug-likeness (QED) is 0.793. The van der Waals surface area contributed by atoms with Gasteiger partial charge in [-0.2, -0.15) is 0 Å². The van der Waals surface area contributed by atoms with Gasteiger partial charge in [0.15, 0.2) is 0 Å². The summed E-state index contributed by atoms with van der Waals surface area (Å²) in [5.41, 5.74) is 0.690. The third-order valence-corrected chi connectivity index (χ3v) is 3.56. The fourth-order valence-corrected chi connectivity index (χ4v) is 2.25. The molecule has 3 nitrogen and oxygen atoms in total. The molecule has 1 aromatic carbocycles. The Morgan fingerprint density at radius 1 is 1.39 bits per heavy atom. The van der Waals surface area contributed by atoms with Crippen LogP contribution in [0.2, 0.25) is 0 Å². The van der Waals surface area contributed by atoms with Crippen molar-refractivity contribution in [3.05, 3.63) is 35.6 Å². The van der Waals surface area contributed by atoms with Gasteiger partial charge in [-0.05, 0) is 31.0 Å². The summed E-state index contributed by atoms with van der Waals surface area (Å²) in [4.78, 5) is 0. The molecule has 2 N–H and O–H groups in total. The molecule has 3 atom stereocenters. The van der Waals surface area contributed by atoms with Crippen LogP contribution in [0.5, 0.6) is 0 Å². The molecule has 102 valence electrons. The summed E-state index contributed by atoms with van der Waals surface area (Å²) < 4.78 is 23.7. The number of rotatable bonds is 7. The lowest BCUT2D eigenvalue weighted by Gasteiger charge is -2.17. The SMILES string of the molecule is CC(CCS(C)=O)NCC(O)c1ccc(F)cc1. The third kappa shape index (κ3) is 5.71. The Hall–Kier alpha value is -0.780. The van der Waals surface area contributed by atoms with Gasteiger partial charge in [0, 0.05) is 35.4 Å². The summed E-state index contributed by atoms with van der Waals surface area (Å²) >= 11 is 0. The van der Waals surface area contributed by atoms with Crippen LogP contribution in [0.4, 0.5) is 4.39 Å². The number of hydrogen-bond acceptors (Lipinski definition) is 3. The maximum atomic E-state index is 12.7. The van der Waals surface area contributed by atoms with Gasteiger partial charge in [-0.25, -0.2) is 4.39 Å². The first-order valence-corrected chi connectivity index (χ1v) is 7.68. The monoisotopic (exact) mass is 273 g/mol. The first-order valence-electron chi connectivity index (χ1n) is 5.96. The van der Waals surface area contributed by atoms with Crippen molar-refractivity contribution in [2.45, 2.75) is 25.5 Å². The summed E-state index contributed by atoms with van der Waals surface area (Å²) in [6.07, 6.45) is 1.83. The highest BCUT2D eigenvalue weighted by Gasteiger charge is 2.09. The summed E-state index contributed by atoms with van der Waals surface area (Å²) in [6.45, 7) is 2.40. The summed E-state index contributed by atoms with van der Waals surface area (Å²) in [7, 11) is -0.783. The van der Waals surface area contributed by atoms with Crippen LogP contribution in [0.1, 0.15) is 25.0 Å². The molecule has 0 aromatic heterocycles. The predicted molar refractivity (Wildman–Crippen MR) is 72.4 cm³/mol. The standard InChI is InChI=1S/C13H20FNO2S/c1-10(7-8-18(2)17)15-9-13(16)11-3-5-12(14)6-4-11/h3-6,10,13,15-16H,7-9H2,1-2H3. The van der Waals surface area contributed by atoms with Gasteiger partial charge in [-0.3, -0.25) is 4.21 Å². The molecule has 0 saturated carbocycles. The Balaban J connectivity index is 2.34. The number of hydrogen-bond donors (Lipinski definition) is 2. The Bertz CT molecular complexity index is 383. The predicted octanol–water partition coefficient (Wildman–Crippen LogP) is 1.61. The summed E-state index contributed by atoms with van der Waals surface area (Å²) in [5.74, 6) is 0.346. The first-order chi connectivity index (χ1) is 8.49. The van der Waals surface area contributed by atoms with Gasteiger partial charge in [-0.15, -0.1) is 0 Å². The molecule has 0 aliphatic carbocycles. The van der Waals surface area contributed by atoms with Gasteiger partial charge < -0.3 is 10.4 Å². The van der Waals surface area contributed by atoms with Crippen LogP contribution in [0.15, 0.2) is 24.3 Å². The minimum Gasteiger partial charge on any atom is -0.387 e. The van der Waals surface area contributed by atoms with Gasteiger partial charge in [0.1, 0.15) is 5.82 Å². The average Bonchev–Trinajstić information content (AvgIpc) is 2.34. The van der Waals surface area contributed by atoms with Crippen molar-refractivity contribution in [2.24, 2.45) is 0 Å². The second-order valence-corrected chi connectivity index (χ2v) is 6.00. The lowest BCUT2D eigenvalue weighted by molar-refractivity contribution is 0.170. The number of halogens is 1. The molecular formula is C13H20FNO2S. The van der Waals surface area contributed by atoms with Crippen molar-refractivity contribution in [1.29, 1.82) is 0 Å². The van der Waals surface area contributed by atoms with Crippen molar-refractivity contribution in [2.75, 3.05) is 18.6 Å². The maximum absolute atomic E-state index is 12.7. The second kappa shape index (κ2) is 7.61. The van der Waals surface area contributed by atoms with E-state index < -0.39 is 16.9 Å². The Kier molecular flexibility index (Phi) is 6.46. The molecule has 0 aliphatic rings. The zero-order chi connectivity index (χ0) is 13.5. The number of benzene rings is 1. The molecule has 18 heavy (non-hydrogen) atoms. The minimum atomic E-state index is -0.783. The van der Waals surface area contributed by atoms with Gasteiger partial charge in [0.05, 0.1) is 6.10 Å². The first kappa shape index (κ1) is 15.3. The van der Waals surface area contributed by atoms with E-state index in [2.05, 4.69) is 5.32 Å². The van der Waals surface area contributed by atoms with E-state index in [9.17, 15) is 13.7 Å². The topological polar surface area (TPSA) is 49.3 Å². The number of aliphatic hydroxyl groups excluding tert-OH is 1. The maximum Gasteiger partial charge on any atom is 0.123 e. The molecule has 0 saturated heterocycles. The normalized spacial score (nSPS) is 16.2. The van der Waals surface area contributed by atoms with Crippen LogP contribution in [-0.4, -0.2) is 33.9 Å². The van der Waals surface area contributed by atoms with E-state index in [1.165, 1.54) is 12.1 Å². The fraction of sp³-hybridized carbons (Fsp3) is 0.538. The molecule has 0 bridgehead atoms. The van der Waals surface area contributed by atoms with E-state index in [1.807, 2.05) is 6.92 Å². The van der Waals surface area contributed by atoms with E-state index >= 15 is 0 Å². The zero-order valence-corrected chi connectivity index (χ0v) is 11.5. The fourth-order valence-electron chi connectivity index (χ4n) is 1.56. The van der Waals surface area contributed by atoms with Crippen LogP contribution in [0.3, 0.4) is 0 Å². The van der Waals surface area contributed by atoms with E-state index in [4.69, 9.17) is 0 Å². The average molecular weight is 273 g/mol. The highest BCUT2D eigenvalue weighted by Crippen LogP contribution is 2.12. The van der Waals surface area contributed by atoms with E-state index in [0.717, 1.165) is 6.42 Å². The molecule has 1 aromatic rings. The van der Waals surface area contributed by atoms with Crippen LogP contribution in [0.25, 0.3) is 0 Å². The highest BCUT2D eigenvalue weighted by molar-refractivity contribution is 7.84. The number of aliphatic hydroxyl groups is 1. The second-order valence-electron chi connectivity index (χ2n) is 4.44. The lowest BCUT2D eigenvalue weighted by atomic mass is 10.1. The molecule has 0 aliphatic heterocycles.